The molecule has 0 radical (unpaired) electrons. The molecule has 2 aromatic heterocycles. The summed E-state index contributed by atoms with van der Waals surface area (Å²) in [6, 6.07) is 21.1. The lowest BCUT2D eigenvalue weighted by molar-refractivity contribution is 0.307. The van der Waals surface area contributed by atoms with E-state index >= 15 is 0 Å². The first-order valence-corrected chi connectivity index (χ1v) is 12.7. The molecule has 0 unspecified atom stereocenters. The zero-order chi connectivity index (χ0) is 25.9. The van der Waals surface area contributed by atoms with Crippen LogP contribution < -0.4 is 0 Å². The van der Waals surface area contributed by atoms with Crippen molar-refractivity contribution in [2.75, 3.05) is 0 Å². The Labute approximate surface area is 214 Å². The van der Waals surface area contributed by atoms with E-state index in [-0.39, 0.29) is 16.7 Å². The number of aromatic nitrogens is 2. The predicted molar refractivity (Wildman–Crippen MR) is 136 cm³/mol. The van der Waals surface area contributed by atoms with Crippen molar-refractivity contribution in [1.82, 2.24) is 9.55 Å². The number of hydrogen-bond donors (Lipinski definition) is 0. The highest BCUT2D eigenvalue weighted by Gasteiger charge is 2.20. The van der Waals surface area contributed by atoms with Gasteiger partial charge in [0.15, 0.2) is 0 Å². The number of nitrogens with zero attached hydrogens (tertiary/aromatic N) is 4. The van der Waals surface area contributed by atoms with Gasteiger partial charge in [-0.15, -0.1) is 0 Å². The van der Waals surface area contributed by atoms with Crippen LogP contribution in [0.25, 0.3) is 11.1 Å². The molecule has 4 rings (SSSR count). The second-order valence-electron chi connectivity index (χ2n) is 8.13. The Kier molecular flexibility index (Phi) is 7.23. The highest BCUT2D eigenvalue weighted by Crippen LogP contribution is 2.33. The van der Waals surface area contributed by atoms with Crippen molar-refractivity contribution in [1.29, 1.82) is 10.5 Å². The summed E-state index contributed by atoms with van der Waals surface area (Å²) in [6.07, 6.45) is 1.61. The lowest BCUT2D eigenvalue weighted by Gasteiger charge is -2.12. The van der Waals surface area contributed by atoms with E-state index in [0.29, 0.717) is 23.2 Å². The largest absolute Gasteiger partial charge is 0.343 e. The first-order valence-electron chi connectivity index (χ1n) is 10.9. The zero-order valence-corrected chi connectivity index (χ0v) is 21.1. The monoisotopic (exact) mass is 516 g/mol. The van der Waals surface area contributed by atoms with Gasteiger partial charge >= 0.3 is 0 Å². The van der Waals surface area contributed by atoms with Crippen molar-refractivity contribution >= 4 is 21.7 Å². The maximum Gasteiger partial charge on any atom is 0.297 e. The van der Waals surface area contributed by atoms with Crippen molar-refractivity contribution in [2.24, 2.45) is 0 Å². The number of rotatable bonds is 7. The van der Waals surface area contributed by atoms with Crippen LogP contribution in [0.1, 0.15) is 33.6 Å². The highest BCUT2D eigenvalue weighted by atomic mass is 35.5. The summed E-state index contributed by atoms with van der Waals surface area (Å²) in [7, 11) is -3.95. The number of nitriles is 2. The van der Waals surface area contributed by atoms with Gasteiger partial charge in [0.25, 0.3) is 10.1 Å². The first kappa shape index (κ1) is 25.2. The first-order chi connectivity index (χ1) is 17.2. The zero-order valence-electron chi connectivity index (χ0n) is 19.6. The normalized spacial score (nSPS) is 11.1. The Hall–Kier alpha value is -3.95. The van der Waals surface area contributed by atoms with Gasteiger partial charge in [0.1, 0.15) is 11.2 Å². The van der Waals surface area contributed by atoms with E-state index in [1.807, 2.05) is 30.5 Å². The Morgan fingerprint density at radius 2 is 1.69 bits per heavy atom. The summed E-state index contributed by atoms with van der Waals surface area (Å²) in [5.41, 5.74) is 5.62. The van der Waals surface area contributed by atoms with Crippen molar-refractivity contribution < 1.29 is 12.6 Å². The average molecular weight is 517 g/mol. The van der Waals surface area contributed by atoms with Crippen LogP contribution in [0.15, 0.2) is 71.8 Å². The Bertz CT molecular complexity index is 1610. The fraction of sp³-hybridized carbons (Fsp3) is 0.148. The average Bonchev–Trinajstić information content (AvgIpc) is 3.13. The number of benzene rings is 2. The molecule has 0 saturated heterocycles. The SMILES string of the molecule is Cc1c(C#N)c(-c2ccc(C#N)cc2)c(C)n1Cc1cnc(Cl)c(COS(=O)(=O)c2ccccc2)c1. The number of hydrogen-bond acceptors (Lipinski definition) is 6. The highest BCUT2D eigenvalue weighted by molar-refractivity contribution is 7.86. The minimum Gasteiger partial charge on any atom is -0.343 e. The molecular weight excluding hydrogens is 496 g/mol. The topological polar surface area (TPSA) is 109 Å². The fourth-order valence-corrected chi connectivity index (χ4v) is 5.10. The quantitative estimate of drug-likeness (QED) is 0.236. The van der Waals surface area contributed by atoms with Crippen LogP contribution in [0, 0.1) is 36.5 Å². The third-order valence-electron chi connectivity index (χ3n) is 5.91. The van der Waals surface area contributed by atoms with E-state index in [1.54, 1.807) is 42.6 Å². The molecule has 180 valence electrons. The van der Waals surface area contributed by atoms with Gasteiger partial charge in [-0.1, -0.05) is 41.9 Å². The molecule has 2 heterocycles. The molecule has 0 saturated carbocycles. The van der Waals surface area contributed by atoms with Crippen molar-refractivity contribution in [3.63, 3.8) is 0 Å². The van der Waals surface area contributed by atoms with Gasteiger partial charge in [0.2, 0.25) is 0 Å². The summed E-state index contributed by atoms with van der Waals surface area (Å²) < 4.78 is 32.2. The molecule has 0 atom stereocenters. The van der Waals surface area contributed by atoms with Crippen molar-refractivity contribution in [3.05, 3.63) is 106 Å². The molecule has 7 nitrogen and oxygen atoms in total. The molecule has 0 aliphatic carbocycles. The van der Waals surface area contributed by atoms with Crippen LogP contribution in [0.3, 0.4) is 0 Å². The molecule has 2 aromatic carbocycles. The van der Waals surface area contributed by atoms with Gasteiger partial charge in [-0.25, -0.2) is 4.98 Å². The molecule has 36 heavy (non-hydrogen) atoms. The third-order valence-corrected chi connectivity index (χ3v) is 7.53. The van der Waals surface area contributed by atoms with E-state index in [1.165, 1.54) is 12.1 Å². The number of halogens is 1. The van der Waals surface area contributed by atoms with Gasteiger partial charge in [-0.2, -0.15) is 18.9 Å². The summed E-state index contributed by atoms with van der Waals surface area (Å²) in [5.74, 6) is 0. The maximum atomic E-state index is 12.5. The molecule has 0 N–H and O–H groups in total. The lowest BCUT2D eigenvalue weighted by Crippen LogP contribution is -2.08. The van der Waals surface area contributed by atoms with Gasteiger partial charge in [-0.3, -0.25) is 4.18 Å². The third kappa shape index (κ3) is 5.02. The Balaban J connectivity index is 1.63. The van der Waals surface area contributed by atoms with E-state index in [2.05, 4.69) is 17.1 Å². The van der Waals surface area contributed by atoms with E-state index < -0.39 is 10.1 Å². The van der Waals surface area contributed by atoms with Gasteiger partial charge in [-0.05, 0) is 55.3 Å². The van der Waals surface area contributed by atoms with Crippen LogP contribution in [-0.4, -0.2) is 18.0 Å². The van der Waals surface area contributed by atoms with Gasteiger partial charge in [0.05, 0.1) is 28.7 Å². The standard InChI is InChI=1S/C27H21ClN4O3S/c1-18-25(14-30)26(22-10-8-20(13-29)9-11-22)19(2)32(18)16-21-12-23(27(28)31-15-21)17-35-36(33,34)24-6-4-3-5-7-24/h3-12,15H,16-17H2,1-2H3. The fourth-order valence-electron chi connectivity index (χ4n) is 4.03. The predicted octanol–water partition coefficient (Wildman–Crippen LogP) is 5.52. The second-order valence-corrected chi connectivity index (χ2v) is 10.1. The van der Waals surface area contributed by atoms with E-state index in [0.717, 1.165) is 28.1 Å². The van der Waals surface area contributed by atoms with Gasteiger partial charge in [0, 0.05) is 35.3 Å². The van der Waals surface area contributed by atoms with Crippen LogP contribution in [0.4, 0.5) is 0 Å². The molecule has 0 aliphatic heterocycles. The molecule has 4 aromatic rings. The minimum absolute atomic E-state index is 0.0585. The summed E-state index contributed by atoms with van der Waals surface area (Å²) in [5, 5.41) is 19.1. The smallest absolute Gasteiger partial charge is 0.297 e. The summed E-state index contributed by atoms with van der Waals surface area (Å²) in [6.45, 7) is 3.94. The maximum absolute atomic E-state index is 12.5. The van der Waals surface area contributed by atoms with E-state index in [9.17, 15) is 13.7 Å². The molecule has 0 spiro atoms. The molecule has 0 bridgehead atoms. The van der Waals surface area contributed by atoms with Crippen LogP contribution in [0.2, 0.25) is 5.15 Å². The van der Waals surface area contributed by atoms with Gasteiger partial charge < -0.3 is 4.57 Å². The Morgan fingerprint density at radius 1 is 1.00 bits per heavy atom. The molecule has 0 amide bonds. The van der Waals surface area contributed by atoms with E-state index in [4.69, 9.17) is 21.0 Å². The van der Waals surface area contributed by atoms with Crippen LogP contribution >= 0.6 is 11.6 Å². The number of pyridine rings is 1. The second kappa shape index (κ2) is 10.3. The molecule has 0 fully saturated rings. The Morgan fingerprint density at radius 3 is 2.33 bits per heavy atom. The van der Waals surface area contributed by atoms with Crippen molar-refractivity contribution in [2.45, 2.75) is 31.9 Å². The molecule has 9 heteroatoms. The summed E-state index contributed by atoms with van der Waals surface area (Å²) in [4.78, 5) is 4.27. The molecule has 0 aliphatic rings. The minimum atomic E-state index is -3.95. The van der Waals surface area contributed by atoms with Crippen LogP contribution in [0.5, 0.6) is 0 Å². The van der Waals surface area contributed by atoms with Crippen molar-refractivity contribution in [3.8, 4) is 23.3 Å². The lowest BCUT2D eigenvalue weighted by atomic mass is 10.0. The summed E-state index contributed by atoms with van der Waals surface area (Å²) >= 11 is 6.23. The molecular formula is C27H21ClN4O3S. The van der Waals surface area contributed by atoms with Crippen LogP contribution in [-0.2, 0) is 27.5 Å².